The SMILES string of the molecule is C=C(/C=C\C(C)=C\CC)CNc1ncnc2ccc(Br)nc12.CC. The van der Waals surface area contributed by atoms with E-state index in [0.717, 1.165) is 27.6 Å². The van der Waals surface area contributed by atoms with E-state index >= 15 is 0 Å². The monoisotopic (exact) mass is 388 g/mol. The fourth-order valence-electron chi connectivity index (χ4n) is 1.94. The topological polar surface area (TPSA) is 50.7 Å². The lowest BCUT2D eigenvalue weighted by molar-refractivity contribution is 1.14. The van der Waals surface area contributed by atoms with Crippen LogP contribution in [0, 0.1) is 0 Å². The highest BCUT2D eigenvalue weighted by Crippen LogP contribution is 2.19. The van der Waals surface area contributed by atoms with Gasteiger partial charge in [0.05, 0.1) is 5.52 Å². The maximum atomic E-state index is 4.42. The molecule has 0 aliphatic carbocycles. The Morgan fingerprint density at radius 3 is 2.71 bits per heavy atom. The Kier molecular flexibility index (Phi) is 8.94. The number of nitrogens with zero attached hydrogens (tertiary/aromatic N) is 3. The van der Waals surface area contributed by atoms with Crippen LogP contribution >= 0.6 is 15.9 Å². The summed E-state index contributed by atoms with van der Waals surface area (Å²) in [6.07, 6.45) is 8.83. The summed E-state index contributed by atoms with van der Waals surface area (Å²) in [5, 5.41) is 3.27. The second-order valence-corrected chi connectivity index (χ2v) is 5.74. The Morgan fingerprint density at radius 2 is 2.00 bits per heavy atom. The minimum absolute atomic E-state index is 0.607. The maximum Gasteiger partial charge on any atom is 0.156 e. The molecule has 0 bridgehead atoms. The van der Waals surface area contributed by atoms with Crippen molar-refractivity contribution in [2.24, 2.45) is 0 Å². The Morgan fingerprint density at radius 1 is 1.25 bits per heavy atom. The summed E-state index contributed by atoms with van der Waals surface area (Å²) in [4.78, 5) is 12.9. The molecule has 0 saturated carbocycles. The van der Waals surface area contributed by atoms with Gasteiger partial charge in [-0.2, -0.15) is 0 Å². The Balaban J connectivity index is 0.00000139. The molecule has 0 amide bonds. The standard InChI is InChI=1S/C17H19BrN4.C2H6/c1-4-5-12(2)6-7-13(3)10-19-17-16-14(20-11-21-17)8-9-15(18)22-16;1-2/h5-9,11H,3-4,10H2,1-2H3,(H,19,20,21);1-2H3/b7-6-,12-5+;. The molecule has 2 rings (SSSR count). The normalized spacial score (nSPS) is 11.3. The third kappa shape index (κ3) is 6.24. The summed E-state index contributed by atoms with van der Waals surface area (Å²) in [5.74, 6) is 0.710. The molecule has 0 aliphatic rings. The van der Waals surface area contributed by atoms with Crippen LogP contribution < -0.4 is 5.32 Å². The van der Waals surface area contributed by atoms with Crippen LogP contribution in [-0.4, -0.2) is 21.5 Å². The molecule has 0 spiro atoms. The van der Waals surface area contributed by atoms with E-state index in [2.05, 4.69) is 68.8 Å². The predicted octanol–water partition coefficient (Wildman–Crippen LogP) is 5.69. The lowest BCUT2D eigenvalue weighted by Crippen LogP contribution is -2.06. The molecular formula is C19H25BrN4. The molecule has 24 heavy (non-hydrogen) atoms. The van der Waals surface area contributed by atoms with Gasteiger partial charge in [0.2, 0.25) is 0 Å². The molecule has 2 aromatic rings. The van der Waals surface area contributed by atoms with E-state index in [4.69, 9.17) is 0 Å². The summed E-state index contributed by atoms with van der Waals surface area (Å²) in [6, 6.07) is 3.77. The number of rotatable bonds is 6. The van der Waals surface area contributed by atoms with Crippen molar-refractivity contribution in [3.63, 3.8) is 0 Å². The van der Waals surface area contributed by atoms with Crippen molar-refractivity contribution in [1.82, 2.24) is 15.0 Å². The predicted molar refractivity (Wildman–Crippen MR) is 107 cm³/mol. The van der Waals surface area contributed by atoms with E-state index in [-0.39, 0.29) is 0 Å². The molecule has 4 nitrogen and oxygen atoms in total. The Bertz CT molecular complexity index is 735. The molecule has 0 fully saturated rings. The van der Waals surface area contributed by atoms with Gasteiger partial charge >= 0.3 is 0 Å². The van der Waals surface area contributed by atoms with Crippen molar-refractivity contribution in [2.45, 2.75) is 34.1 Å². The van der Waals surface area contributed by atoms with Crippen LogP contribution in [0.5, 0.6) is 0 Å². The van der Waals surface area contributed by atoms with E-state index in [9.17, 15) is 0 Å². The third-order valence-electron chi connectivity index (χ3n) is 3.04. The molecule has 5 heteroatoms. The molecule has 0 atom stereocenters. The number of halogens is 1. The molecule has 0 aliphatic heterocycles. The van der Waals surface area contributed by atoms with Crippen LogP contribution in [0.15, 0.2) is 59.0 Å². The zero-order valence-corrected chi connectivity index (χ0v) is 16.4. The van der Waals surface area contributed by atoms with E-state index in [1.54, 1.807) is 0 Å². The lowest BCUT2D eigenvalue weighted by atomic mass is 10.2. The number of aromatic nitrogens is 3. The highest BCUT2D eigenvalue weighted by atomic mass is 79.9. The number of hydrogen-bond donors (Lipinski definition) is 1. The van der Waals surface area contributed by atoms with Crippen molar-refractivity contribution in [1.29, 1.82) is 0 Å². The van der Waals surface area contributed by atoms with Gasteiger partial charge in [0.15, 0.2) is 5.82 Å². The van der Waals surface area contributed by atoms with Gasteiger partial charge in [0, 0.05) is 6.54 Å². The molecule has 1 N–H and O–H groups in total. The largest absolute Gasteiger partial charge is 0.364 e. The van der Waals surface area contributed by atoms with Crippen LogP contribution in [0.4, 0.5) is 5.82 Å². The van der Waals surface area contributed by atoms with Gasteiger partial charge in [-0.1, -0.05) is 51.2 Å². The van der Waals surface area contributed by atoms with E-state index < -0.39 is 0 Å². The first-order valence-electron chi connectivity index (χ1n) is 8.14. The fraction of sp³-hybridized carbons (Fsp3) is 0.316. The zero-order chi connectivity index (χ0) is 17.9. The minimum Gasteiger partial charge on any atom is -0.364 e. The van der Waals surface area contributed by atoms with Crippen molar-refractivity contribution in [2.75, 3.05) is 11.9 Å². The molecular weight excluding hydrogens is 364 g/mol. The van der Waals surface area contributed by atoms with Gasteiger partial charge in [-0.3, -0.25) is 0 Å². The number of allylic oxidation sites excluding steroid dienone is 3. The Hall–Kier alpha value is -2.01. The highest BCUT2D eigenvalue weighted by molar-refractivity contribution is 9.10. The van der Waals surface area contributed by atoms with Gasteiger partial charge < -0.3 is 5.32 Å². The van der Waals surface area contributed by atoms with Crippen molar-refractivity contribution in [3.05, 3.63) is 59.0 Å². The van der Waals surface area contributed by atoms with Gasteiger partial charge in [-0.05, 0) is 47.0 Å². The molecule has 0 radical (unpaired) electrons. The third-order valence-corrected chi connectivity index (χ3v) is 3.48. The first-order chi connectivity index (χ1) is 11.6. The molecule has 0 unspecified atom stereocenters. The average molecular weight is 389 g/mol. The second-order valence-electron chi connectivity index (χ2n) is 4.93. The van der Waals surface area contributed by atoms with E-state index in [1.807, 2.05) is 32.1 Å². The quantitative estimate of drug-likeness (QED) is 0.509. The summed E-state index contributed by atoms with van der Waals surface area (Å²) >= 11 is 3.37. The fourth-order valence-corrected chi connectivity index (χ4v) is 2.25. The first-order valence-corrected chi connectivity index (χ1v) is 8.93. The van der Waals surface area contributed by atoms with Crippen molar-refractivity contribution in [3.8, 4) is 0 Å². The number of pyridine rings is 1. The molecule has 0 saturated heterocycles. The van der Waals surface area contributed by atoms with E-state index in [0.29, 0.717) is 12.4 Å². The molecule has 2 heterocycles. The van der Waals surface area contributed by atoms with Crippen molar-refractivity contribution >= 4 is 32.8 Å². The Labute approximate surface area is 153 Å². The summed E-state index contributed by atoms with van der Waals surface area (Å²) < 4.78 is 0.761. The van der Waals surface area contributed by atoms with Crippen LogP contribution in [0.3, 0.4) is 0 Å². The highest BCUT2D eigenvalue weighted by Gasteiger charge is 2.05. The smallest absolute Gasteiger partial charge is 0.156 e. The van der Waals surface area contributed by atoms with Gasteiger partial charge in [-0.15, -0.1) is 0 Å². The van der Waals surface area contributed by atoms with Gasteiger partial charge in [0.25, 0.3) is 0 Å². The minimum atomic E-state index is 0.607. The lowest BCUT2D eigenvalue weighted by Gasteiger charge is -2.07. The van der Waals surface area contributed by atoms with Crippen LogP contribution in [0.25, 0.3) is 11.0 Å². The first kappa shape index (κ1) is 20.0. The number of anilines is 1. The summed E-state index contributed by atoms with van der Waals surface area (Å²) in [5.41, 5.74) is 3.77. The zero-order valence-electron chi connectivity index (χ0n) is 14.8. The maximum absolute atomic E-state index is 4.42. The van der Waals surface area contributed by atoms with Gasteiger partial charge in [-0.25, -0.2) is 15.0 Å². The van der Waals surface area contributed by atoms with Gasteiger partial charge in [0.1, 0.15) is 16.4 Å². The average Bonchev–Trinajstić information content (AvgIpc) is 2.60. The molecule has 0 aromatic carbocycles. The second kappa shape index (κ2) is 10.7. The number of fused-ring (bicyclic) bond motifs is 1. The molecule has 128 valence electrons. The van der Waals surface area contributed by atoms with Crippen molar-refractivity contribution < 1.29 is 0 Å². The summed E-state index contributed by atoms with van der Waals surface area (Å²) in [7, 11) is 0. The van der Waals surface area contributed by atoms with Crippen LogP contribution in [0.2, 0.25) is 0 Å². The van der Waals surface area contributed by atoms with E-state index in [1.165, 1.54) is 11.9 Å². The van der Waals surface area contributed by atoms with Crippen LogP contribution in [0.1, 0.15) is 34.1 Å². The van der Waals surface area contributed by atoms with Crippen LogP contribution in [-0.2, 0) is 0 Å². The number of nitrogens with one attached hydrogen (secondary N) is 1. The molecule has 2 aromatic heterocycles. The summed E-state index contributed by atoms with van der Waals surface area (Å²) in [6.45, 7) is 12.9. The number of hydrogen-bond acceptors (Lipinski definition) is 4.